The van der Waals surface area contributed by atoms with Gasteiger partial charge in [0.15, 0.2) is 11.5 Å². The predicted molar refractivity (Wildman–Crippen MR) is 90.2 cm³/mol. The predicted octanol–water partition coefficient (Wildman–Crippen LogP) is 4.12. The zero-order chi connectivity index (χ0) is 16.7. The van der Waals surface area contributed by atoms with Gasteiger partial charge in [-0.25, -0.2) is 0 Å². The SMILES string of the molecule is CCCC(O)c1cc(OC)c(OCc2ccccc2)c(OC)c1. The summed E-state index contributed by atoms with van der Waals surface area (Å²) in [5.41, 5.74) is 1.83. The molecule has 0 bridgehead atoms. The summed E-state index contributed by atoms with van der Waals surface area (Å²) in [6.45, 7) is 2.46. The Kier molecular flexibility index (Phi) is 6.29. The van der Waals surface area contributed by atoms with Crippen LogP contribution in [-0.4, -0.2) is 19.3 Å². The van der Waals surface area contributed by atoms with Crippen molar-refractivity contribution in [3.63, 3.8) is 0 Å². The third-order valence-electron chi connectivity index (χ3n) is 3.66. The molecule has 0 aliphatic carbocycles. The Morgan fingerprint density at radius 1 is 1.00 bits per heavy atom. The summed E-state index contributed by atoms with van der Waals surface area (Å²) < 4.78 is 16.8. The van der Waals surface area contributed by atoms with E-state index in [9.17, 15) is 5.11 Å². The molecule has 1 unspecified atom stereocenters. The first-order chi connectivity index (χ1) is 11.2. The lowest BCUT2D eigenvalue weighted by Crippen LogP contribution is -2.03. The molecule has 0 spiro atoms. The normalized spacial score (nSPS) is 11.8. The fourth-order valence-electron chi connectivity index (χ4n) is 2.40. The van der Waals surface area contributed by atoms with Crippen LogP contribution in [0, 0.1) is 0 Å². The van der Waals surface area contributed by atoms with Gasteiger partial charge in [-0.3, -0.25) is 0 Å². The van der Waals surface area contributed by atoms with Crippen molar-refractivity contribution in [3.05, 3.63) is 53.6 Å². The number of aliphatic hydroxyl groups is 1. The fourth-order valence-corrected chi connectivity index (χ4v) is 2.40. The van der Waals surface area contributed by atoms with E-state index in [1.165, 1.54) is 0 Å². The number of rotatable bonds is 8. The summed E-state index contributed by atoms with van der Waals surface area (Å²) in [7, 11) is 3.17. The molecule has 4 nitrogen and oxygen atoms in total. The summed E-state index contributed by atoms with van der Waals surface area (Å²) in [5, 5.41) is 10.2. The maximum atomic E-state index is 10.2. The van der Waals surface area contributed by atoms with Crippen molar-refractivity contribution in [2.45, 2.75) is 32.5 Å². The number of aliphatic hydroxyl groups excluding tert-OH is 1. The first kappa shape index (κ1) is 17.2. The summed E-state index contributed by atoms with van der Waals surface area (Å²) >= 11 is 0. The number of ether oxygens (including phenoxy) is 3. The smallest absolute Gasteiger partial charge is 0.203 e. The molecule has 0 amide bonds. The van der Waals surface area contributed by atoms with Gasteiger partial charge in [0.25, 0.3) is 0 Å². The van der Waals surface area contributed by atoms with Crippen LogP contribution >= 0.6 is 0 Å². The minimum Gasteiger partial charge on any atom is -0.493 e. The summed E-state index contributed by atoms with van der Waals surface area (Å²) in [4.78, 5) is 0. The topological polar surface area (TPSA) is 47.9 Å². The molecule has 0 aromatic heterocycles. The van der Waals surface area contributed by atoms with Gasteiger partial charge in [0.1, 0.15) is 6.61 Å². The maximum Gasteiger partial charge on any atom is 0.203 e. The van der Waals surface area contributed by atoms with Gasteiger partial charge < -0.3 is 19.3 Å². The lowest BCUT2D eigenvalue weighted by Gasteiger charge is -2.18. The van der Waals surface area contributed by atoms with Crippen LogP contribution in [0.5, 0.6) is 17.2 Å². The third-order valence-corrected chi connectivity index (χ3v) is 3.66. The molecule has 1 N–H and O–H groups in total. The molecule has 124 valence electrons. The molecular weight excluding hydrogens is 292 g/mol. The van der Waals surface area contributed by atoms with Crippen LogP contribution in [0.4, 0.5) is 0 Å². The molecule has 4 heteroatoms. The quantitative estimate of drug-likeness (QED) is 0.796. The average molecular weight is 316 g/mol. The minimum atomic E-state index is -0.536. The van der Waals surface area contributed by atoms with Gasteiger partial charge in [0.2, 0.25) is 5.75 Å². The Balaban J connectivity index is 2.26. The average Bonchev–Trinajstić information content (AvgIpc) is 2.60. The number of hydrogen-bond donors (Lipinski definition) is 1. The van der Waals surface area contributed by atoms with E-state index in [2.05, 4.69) is 0 Å². The van der Waals surface area contributed by atoms with Gasteiger partial charge in [0, 0.05) is 0 Å². The zero-order valence-electron chi connectivity index (χ0n) is 13.9. The van der Waals surface area contributed by atoms with Crippen molar-refractivity contribution >= 4 is 0 Å². The van der Waals surface area contributed by atoms with Crippen LogP contribution in [0.15, 0.2) is 42.5 Å². The molecule has 0 aliphatic rings. The highest BCUT2D eigenvalue weighted by molar-refractivity contribution is 5.54. The van der Waals surface area contributed by atoms with Gasteiger partial charge in [-0.15, -0.1) is 0 Å². The van der Waals surface area contributed by atoms with Crippen LogP contribution in [0.25, 0.3) is 0 Å². The first-order valence-electron chi connectivity index (χ1n) is 7.80. The molecule has 0 saturated heterocycles. The maximum absolute atomic E-state index is 10.2. The van der Waals surface area contributed by atoms with Gasteiger partial charge in [-0.05, 0) is 29.7 Å². The molecule has 2 aromatic rings. The van der Waals surface area contributed by atoms with Gasteiger partial charge >= 0.3 is 0 Å². The van der Waals surface area contributed by atoms with Crippen molar-refractivity contribution in [1.82, 2.24) is 0 Å². The van der Waals surface area contributed by atoms with Gasteiger partial charge in [0.05, 0.1) is 20.3 Å². The molecule has 0 fully saturated rings. The van der Waals surface area contributed by atoms with Crippen LogP contribution in [0.3, 0.4) is 0 Å². The Morgan fingerprint density at radius 3 is 2.13 bits per heavy atom. The Labute approximate surface area is 137 Å². The Bertz CT molecular complexity index is 585. The molecule has 23 heavy (non-hydrogen) atoms. The highest BCUT2D eigenvalue weighted by Crippen LogP contribution is 2.41. The summed E-state index contributed by atoms with van der Waals surface area (Å²) in [6, 6.07) is 13.5. The van der Waals surface area contributed by atoms with E-state index in [-0.39, 0.29) is 0 Å². The highest BCUT2D eigenvalue weighted by Gasteiger charge is 2.17. The molecule has 0 aliphatic heterocycles. The summed E-state index contributed by atoms with van der Waals surface area (Å²) in [5.74, 6) is 1.67. The molecule has 2 rings (SSSR count). The zero-order valence-corrected chi connectivity index (χ0v) is 13.9. The number of methoxy groups -OCH3 is 2. The Morgan fingerprint density at radius 2 is 1.61 bits per heavy atom. The highest BCUT2D eigenvalue weighted by atomic mass is 16.5. The van der Waals surface area contributed by atoms with Crippen LogP contribution < -0.4 is 14.2 Å². The molecule has 1 atom stereocenters. The first-order valence-corrected chi connectivity index (χ1v) is 7.80. The van der Waals surface area contributed by atoms with Crippen molar-refractivity contribution in [2.75, 3.05) is 14.2 Å². The molecule has 0 radical (unpaired) electrons. The number of benzene rings is 2. The second-order valence-corrected chi connectivity index (χ2v) is 5.33. The van der Waals surface area contributed by atoms with Gasteiger partial charge in [-0.1, -0.05) is 43.7 Å². The second-order valence-electron chi connectivity index (χ2n) is 5.33. The van der Waals surface area contributed by atoms with E-state index in [1.807, 2.05) is 49.4 Å². The number of hydrogen-bond acceptors (Lipinski definition) is 4. The van der Waals surface area contributed by atoms with Crippen LogP contribution in [0.1, 0.15) is 37.0 Å². The van der Waals surface area contributed by atoms with Crippen molar-refractivity contribution < 1.29 is 19.3 Å². The van der Waals surface area contributed by atoms with Crippen molar-refractivity contribution in [3.8, 4) is 17.2 Å². The van der Waals surface area contributed by atoms with E-state index < -0.39 is 6.10 Å². The standard InChI is InChI=1S/C19H24O4/c1-4-8-16(20)15-11-17(21-2)19(18(12-15)22-3)23-13-14-9-6-5-7-10-14/h5-7,9-12,16,20H,4,8,13H2,1-3H3. The van der Waals surface area contributed by atoms with Crippen LogP contribution in [0.2, 0.25) is 0 Å². The third kappa shape index (κ3) is 4.39. The van der Waals surface area contributed by atoms with E-state index in [4.69, 9.17) is 14.2 Å². The van der Waals surface area contributed by atoms with E-state index in [0.29, 0.717) is 30.3 Å². The van der Waals surface area contributed by atoms with Crippen molar-refractivity contribution in [1.29, 1.82) is 0 Å². The molecular formula is C19H24O4. The summed E-state index contributed by atoms with van der Waals surface area (Å²) in [6.07, 6.45) is 1.06. The van der Waals surface area contributed by atoms with E-state index >= 15 is 0 Å². The van der Waals surface area contributed by atoms with Crippen LogP contribution in [-0.2, 0) is 6.61 Å². The Hall–Kier alpha value is -2.20. The lowest BCUT2D eigenvalue weighted by atomic mass is 10.0. The van der Waals surface area contributed by atoms with E-state index in [1.54, 1.807) is 14.2 Å². The van der Waals surface area contributed by atoms with E-state index in [0.717, 1.165) is 17.5 Å². The van der Waals surface area contributed by atoms with Gasteiger partial charge in [-0.2, -0.15) is 0 Å². The lowest BCUT2D eigenvalue weighted by molar-refractivity contribution is 0.165. The van der Waals surface area contributed by atoms with Crippen molar-refractivity contribution in [2.24, 2.45) is 0 Å². The minimum absolute atomic E-state index is 0.421. The molecule has 0 saturated carbocycles. The largest absolute Gasteiger partial charge is 0.493 e. The second kappa shape index (κ2) is 8.44. The monoisotopic (exact) mass is 316 g/mol. The molecule has 2 aromatic carbocycles. The fraction of sp³-hybridized carbons (Fsp3) is 0.368. The molecule has 0 heterocycles.